The highest BCUT2D eigenvalue weighted by Gasteiger charge is 2.34. The number of hydrogen-bond acceptors (Lipinski definition) is 2. The van der Waals surface area contributed by atoms with Gasteiger partial charge in [0.05, 0.1) is 6.04 Å². The van der Waals surface area contributed by atoms with Crippen molar-refractivity contribution in [3.05, 3.63) is 0 Å². The monoisotopic (exact) mass is 212 g/mol. The van der Waals surface area contributed by atoms with Gasteiger partial charge >= 0.3 is 0 Å². The van der Waals surface area contributed by atoms with Crippen LogP contribution in [0.4, 0.5) is 0 Å². The molecule has 0 saturated heterocycles. The molecule has 88 valence electrons. The fraction of sp³-hybridized carbons (Fsp3) is 0.917. The summed E-state index contributed by atoms with van der Waals surface area (Å²) < 4.78 is 0. The SMILES string of the molecule is CCC[C@H](N)C(=O)N(CC(C)C)C1CC1. The van der Waals surface area contributed by atoms with Gasteiger partial charge in [0.25, 0.3) is 0 Å². The van der Waals surface area contributed by atoms with Crippen LogP contribution in [0.25, 0.3) is 0 Å². The predicted octanol–water partition coefficient (Wildman–Crippen LogP) is 1.76. The number of hydrogen-bond donors (Lipinski definition) is 1. The number of nitrogens with two attached hydrogens (primary N) is 1. The predicted molar refractivity (Wildman–Crippen MR) is 62.5 cm³/mol. The number of carbonyl (C=O) groups excluding carboxylic acids is 1. The quantitative estimate of drug-likeness (QED) is 0.729. The van der Waals surface area contributed by atoms with Gasteiger partial charge in [-0.1, -0.05) is 27.2 Å². The van der Waals surface area contributed by atoms with Gasteiger partial charge in [0.1, 0.15) is 0 Å². The second-order valence-corrected chi connectivity index (χ2v) is 5.01. The first kappa shape index (κ1) is 12.5. The minimum atomic E-state index is -0.283. The van der Waals surface area contributed by atoms with Crippen LogP contribution in [-0.4, -0.2) is 29.4 Å². The van der Waals surface area contributed by atoms with E-state index in [-0.39, 0.29) is 11.9 Å². The van der Waals surface area contributed by atoms with E-state index in [0.717, 1.165) is 32.2 Å². The van der Waals surface area contributed by atoms with E-state index in [2.05, 4.69) is 20.8 Å². The van der Waals surface area contributed by atoms with Crippen LogP contribution in [0.2, 0.25) is 0 Å². The minimum Gasteiger partial charge on any atom is -0.338 e. The van der Waals surface area contributed by atoms with Crippen molar-refractivity contribution in [3.8, 4) is 0 Å². The van der Waals surface area contributed by atoms with E-state index in [0.29, 0.717) is 12.0 Å². The third-order valence-electron chi connectivity index (χ3n) is 2.75. The largest absolute Gasteiger partial charge is 0.338 e. The maximum atomic E-state index is 12.1. The summed E-state index contributed by atoms with van der Waals surface area (Å²) in [4.78, 5) is 14.1. The van der Waals surface area contributed by atoms with Gasteiger partial charge in [0.2, 0.25) is 5.91 Å². The lowest BCUT2D eigenvalue weighted by molar-refractivity contribution is -0.133. The van der Waals surface area contributed by atoms with Crippen molar-refractivity contribution in [1.82, 2.24) is 4.90 Å². The molecule has 1 amide bonds. The van der Waals surface area contributed by atoms with Gasteiger partial charge in [0, 0.05) is 12.6 Å². The third-order valence-corrected chi connectivity index (χ3v) is 2.75. The summed E-state index contributed by atoms with van der Waals surface area (Å²) in [5, 5.41) is 0. The Kier molecular flexibility index (Phi) is 4.58. The highest BCUT2D eigenvalue weighted by Crippen LogP contribution is 2.28. The van der Waals surface area contributed by atoms with Crippen molar-refractivity contribution in [2.24, 2.45) is 11.7 Å². The van der Waals surface area contributed by atoms with Crippen molar-refractivity contribution in [2.75, 3.05) is 6.54 Å². The van der Waals surface area contributed by atoms with Crippen LogP contribution in [0.15, 0.2) is 0 Å². The van der Waals surface area contributed by atoms with Crippen LogP contribution in [0.5, 0.6) is 0 Å². The maximum absolute atomic E-state index is 12.1. The Bertz CT molecular complexity index is 212. The van der Waals surface area contributed by atoms with E-state index in [9.17, 15) is 4.79 Å². The summed E-state index contributed by atoms with van der Waals surface area (Å²) in [7, 11) is 0. The molecule has 0 radical (unpaired) electrons. The van der Waals surface area contributed by atoms with E-state index >= 15 is 0 Å². The molecule has 2 N–H and O–H groups in total. The molecule has 0 aromatic heterocycles. The lowest BCUT2D eigenvalue weighted by Gasteiger charge is -2.27. The molecular formula is C12H24N2O. The lowest BCUT2D eigenvalue weighted by atomic mass is 10.1. The molecule has 0 aromatic carbocycles. The van der Waals surface area contributed by atoms with Gasteiger partial charge in [-0.25, -0.2) is 0 Å². The highest BCUT2D eigenvalue weighted by atomic mass is 16.2. The first-order valence-corrected chi connectivity index (χ1v) is 6.12. The smallest absolute Gasteiger partial charge is 0.239 e. The average Bonchev–Trinajstić information content (AvgIpc) is 2.96. The molecule has 3 nitrogen and oxygen atoms in total. The molecule has 0 spiro atoms. The van der Waals surface area contributed by atoms with Crippen LogP contribution in [0.1, 0.15) is 46.5 Å². The van der Waals surface area contributed by atoms with Crippen molar-refractivity contribution in [2.45, 2.75) is 58.5 Å². The molecule has 1 aliphatic rings. The van der Waals surface area contributed by atoms with E-state index in [1.165, 1.54) is 0 Å². The van der Waals surface area contributed by atoms with Crippen molar-refractivity contribution >= 4 is 5.91 Å². The van der Waals surface area contributed by atoms with Crippen LogP contribution in [0, 0.1) is 5.92 Å². The van der Waals surface area contributed by atoms with Gasteiger partial charge in [-0.05, 0) is 25.2 Å². The number of carbonyl (C=O) groups is 1. The first-order valence-electron chi connectivity index (χ1n) is 6.12. The lowest BCUT2D eigenvalue weighted by Crippen LogP contribution is -2.46. The van der Waals surface area contributed by atoms with E-state index in [1.54, 1.807) is 0 Å². The zero-order chi connectivity index (χ0) is 11.4. The standard InChI is InChI=1S/C12H24N2O/c1-4-5-11(13)12(15)14(8-9(2)3)10-6-7-10/h9-11H,4-8,13H2,1-3H3/t11-/m0/s1. The van der Waals surface area contributed by atoms with Crippen molar-refractivity contribution in [3.63, 3.8) is 0 Å². The Morgan fingerprint density at radius 1 is 1.47 bits per heavy atom. The number of nitrogens with zero attached hydrogens (tertiary/aromatic N) is 1. The fourth-order valence-electron chi connectivity index (χ4n) is 1.85. The molecule has 1 fully saturated rings. The second kappa shape index (κ2) is 5.50. The molecule has 0 aliphatic heterocycles. The molecule has 15 heavy (non-hydrogen) atoms. The molecule has 1 rings (SSSR count). The molecule has 1 aliphatic carbocycles. The van der Waals surface area contributed by atoms with Gasteiger partial charge in [-0.2, -0.15) is 0 Å². The Labute approximate surface area is 93.0 Å². The summed E-state index contributed by atoms with van der Waals surface area (Å²) in [5.74, 6) is 0.691. The molecule has 0 unspecified atom stereocenters. The van der Waals surface area contributed by atoms with E-state index < -0.39 is 0 Å². The summed E-state index contributed by atoms with van der Waals surface area (Å²) in [5.41, 5.74) is 5.88. The third kappa shape index (κ3) is 3.82. The first-order chi connectivity index (χ1) is 7.06. The van der Waals surface area contributed by atoms with E-state index in [1.807, 2.05) is 4.90 Å². The second-order valence-electron chi connectivity index (χ2n) is 5.01. The van der Waals surface area contributed by atoms with Gasteiger partial charge in [-0.3, -0.25) is 4.79 Å². The Morgan fingerprint density at radius 3 is 2.47 bits per heavy atom. The van der Waals surface area contributed by atoms with E-state index in [4.69, 9.17) is 5.73 Å². The van der Waals surface area contributed by atoms with Crippen LogP contribution >= 0.6 is 0 Å². The summed E-state index contributed by atoms with van der Waals surface area (Å²) >= 11 is 0. The van der Waals surface area contributed by atoms with Crippen LogP contribution in [0.3, 0.4) is 0 Å². The Balaban J connectivity index is 2.50. The summed E-state index contributed by atoms with van der Waals surface area (Å²) in [6.07, 6.45) is 4.11. The van der Waals surface area contributed by atoms with Gasteiger partial charge < -0.3 is 10.6 Å². The molecule has 0 aromatic rings. The summed E-state index contributed by atoms with van der Waals surface area (Å²) in [6.45, 7) is 7.22. The molecule has 1 saturated carbocycles. The summed E-state index contributed by atoms with van der Waals surface area (Å²) in [6, 6.07) is 0.206. The topological polar surface area (TPSA) is 46.3 Å². The maximum Gasteiger partial charge on any atom is 0.239 e. The molecule has 3 heteroatoms. The fourth-order valence-corrected chi connectivity index (χ4v) is 1.85. The van der Waals surface area contributed by atoms with Gasteiger partial charge in [0.15, 0.2) is 0 Å². The van der Waals surface area contributed by atoms with Crippen LogP contribution in [-0.2, 0) is 4.79 Å². The highest BCUT2D eigenvalue weighted by molar-refractivity contribution is 5.82. The average molecular weight is 212 g/mol. The molecule has 0 bridgehead atoms. The van der Waals surface area contributed by atoms with Crippen LogP contribution < -0.4 is 5.73 Å². The molecular weight excluding hydrogens is 188 g/mol. The zero-order valence-corrected chi connectivity index (χ0v) is 10.2. The minimum absolute atomic E-state index is 0.160. The van der Waals surface area contributed by atoms with Gasteiger partial charge in [-0.15, -0.1) is 0 Å². The number of amides is 1. The zero-order valence-electron chi connectivity index (χ0n) is 10.2. The number of rotatable bonds is 6. The Hall–Kier alpha value is -0.570. The normalized spacial score (nSPS) is 17.9. The van der Waals surface area contributed by atoms with Crippen molar-refractivity contribution < 1.29 is 4.79 Å². The molecule has 1 atom stereocenters. The van der Waals surface area contributed by atoms with Crippen molar-refractivity contribution in [1.29, 1.82) is 0 Å². The molecule has 0 heterocycles. The Morgan fingerprint density at radius 2 is 2.07 bits per heavy atom.